The monoisotopic (exact) mass is 342 g/mol. The third-order valence-corrected chi connectivity index (χ3v) is 4.22. The van der Waals surface area contributed by atoms with Crippen LogP contribution in [0.5, 0.6) is 5.88 Å². The van der Waals surface area contributed by atoms with Crippen molar-refractivity contribution in [3.05, 3.63) is 58.0 Å². The highest BCUT2D eigenvalue weighted by Crippen LogP contribution is 2.24. The Hall–Kier alpha value is -3.03. The Morgan fingerprint density at radius 2 is 2.24 bits per heavy atom. The van der Waals surface area contributed by atoms with E-state index in [-0.39, 0.29) is 17.7 Å². The number of carbonyl (C=O) groups excluding carboxylic acids is 1. The van der Waals surface area contributed by atoms with Crippen molar-refractivity contribution in [2.24, 2.45) is 0 Å². The summed E-state index contributed by atoms with van der Waals surface area (Å²) in [4.78, 5) is 33.1. The lowest BCUT2D eigenvalue weighted by Gasteiger charge is -2.32. The summed E-state index contributed by atoms with van der Waals surface area (Å²) in [5.41, 5.74) is 0.694. The van der Waals surface area contributed by atoms with E-state index >= 15 is 0 Å². The van der Waals surface area contributed by atoms with Gasteiger partial charge in [0.1, 0.15) is 6.10 Å². The van der Waals surface area contributed by atoms with E-state index in [0.29, 0.717) is 30.1 Å². The van der Waals surface area contributed by atoms with Gasteiger partial charge in [-0.15, -0.1) is 0 Å². The first-order chi connectivity index (χ1) is 12.1. The Balaban J connectivity index is 1.74. The van der Waals surface area contributed by atoms with Crippen LogP contribution in [0.3, 0.4) is 0 Å². The number of nitro groups is 1. The van der Waals surface area contributed by atoms with Crippen LogP contribution in [-0.4, -0.2) is 44.9 Å². The molecule has 0 saturated carbocycles. The van der Waals surface area contributed by atoms with Crippen LogP contribution in [0.15, 0.2) is 36.8 Å². The van der Waals surface area contributed by atoms with Crippen LogP contribution in [0.2, 0.25) is 0 Å². The van der Waals surface area contributed by atoms with Crippen molar-refractivity contribution in [3.8, 4) is 5.88 Å². The van der Waals surface area contributed by atoms with Gasteiger partial charge in [0.05, 0.1) is 17.7 Å². The number of piperidine rings is 1. The summed E-state index contributed by atoms with van der Waals surface area (Å²) in [7, 11) is 0. The molecule has 1 unspecified atom stereocenters. The molecule has 1 aliphatic rings. The molecule has 0 spiro atoms. The topological polar surface area (TPSA) is 98.5 Å². The number of nitrogens with zero attached hydrogens (tertiary/aromatic N) is 4. The lowest BCUT2D eigenvalue weighted by molar-refractivity contribution is -0.385. The fourth-order valence-electron chi connectivity index (χ4n) is 2.96. The van der Waals surface area contributed by atoms with Crippen molar-refractivity contribution >= 4 is 11.6 Å². The first kappa shape index (κ1) is 16.8. The fraction of sp³-hybridized carbons (Fsp3) is 0.353. The predicted octanol–water partition coefficient (Wildman–Crippen LogP) is 2.38. The van der Waals surface area contributed by atoms with Crippen LogP contribution in [0.25, 0.3) is 0 Å². The fourth-order valence-corrected chi connectivity index (χ4v) is 2.96. The lowest BCUT2D eigenvalue weighted by Crippen LogP contribution is -2.44. The van der Waals surface area contributed by atoms with Gasteiger partial charge in [-0.1, -0.05) is 6.07 Å². The molecule has 1 aliphatic heterocycles. The van der Waals surface area contributed by atoms with Gasteiger partial charge in [0, 0.05) is 36.1 Å². The lowest BCUT2D eigenvalue weighted by atomic mass is 10.0. The largest absolute Gasteiger partial charge is 0.471 e. The van der Waals surface area contributed by atoms with E-state index in [4.69, 9.17) is 4.74 Å². The third kappa shape index (κ3) is 3.73. The first-order valence-electron chi connectivity index (χ1n) is 8.02. The molecule has 2 aromatic rings. The molecule has 25 heavy (non-hydrogen) atoms. The quantitative estimate of drug-likeness (QED) is 0.625. The van der Waals surface area contributed by atoms with E-state index in [0.717, 1.165) is 12.8 Å². The van der Waals surface area contributed by atoms with Crippen LogP contribution >= 0.6 is 0 Å². The number of hydrogen-bond donors (Lipinski definition) is 0. The summed E-state index contributed by atoms with van der Waals surface area (Å²) in [6, 6.07) is 4.57. The normalized spacial score (nSPS) is 17.2. The van der Waals surface area contributed by atoms with Crippen LogP contribution in [0.4, 0.5) is 5.69 Å². The summed E-state index contributed by atoms with van der Waals surface area (Å²) in [5, 5.41) is 11.1. The predicted molar refractivity (Wildman–Crippen MR) is 89.4 cm³/mol. The maximum Gasteiger partial charge on any atom is 0.273 e. The molecule has 0 radical (unpaired) electrons. The van der Waals surface area contributed by atoms with E-state index < -0.39 is 4.92 Å². The number of hydrogen-bond acceptors (Lipinski definition) is 6. The summed E-state index contributed by atoms with van der Waals surface area (Å²) in [6.07, 6.45) is 6.08. The number of amides is 1. The van der Waals surface area contributed by atoms with Gasteiger partial charge < -0.3 is 9.64 Å². The molecular formula is C17H18N4O4. The van der Waals surface area contributed by atoms with Crippen LogP contribution < -0.4 is 4.74 Å². The summed E-state index contributed by atoms with van der Waals surface area (Å²) in [6.45, 7) is 2.61. The van der Waals surface area contributed by atoms with Crippen molar-refractivity contribution < 1.29 is 14.5 Å². The molecule has 1 fully saturated rings. The highest BCUT2D eigenvalue weighted by molar-refractivity contribution is 5.96. The Labute approximate surface area is 144 Å². The van der Waals surface area contributed by atoms with Crippen LogP contribution in [0, 0.1) is 17.0 Å². The molecule has 8 nitrogen and oxygen atoms in total. The van der Waals surface area contributed by atoms with Crippen molar-refractivity contribution in [2.75, 3.05) is 13.1 Å². The Bertz CT molecular complexity index is 781. The summed E-state index contributed by atoms with van der Waals surface area (Å²) < 4.78 is 5.79. The molecular weight excluding hydrogens is 324 g/mol. The Kier molecular flexibility index (Phi) is 4.87. The zero-order valence-corrected chi connectivity index (χ0v) is 13.8. The zero-order chi connectivity index (χ0) is 17.8. The molecule has 2 heterocycles. The molecule has 3 rings (SSSR count). The third-order valence-electron chi connectivity index (χ3n) is 4.22. The van der Waals surface area contributed by atoms with E-state index in [1.807, 2.05) is 0 Å². The van der Waals surface area contributed by atoms with Gasteiger partial charge in [0.2, 0.25) is 5.88 Å². The molecule has 1 atom stereocenters. The van der Waals surface area contributed by atoms with Crippen molar-refractivity contribution in [1.82, 2.24) is 14.9 Å². The van der Waals surface area contributed by atoms with Gasteiger partial charge >= 0.3 is 0 Å². The van der Waals surface area contributed by atoms with Gasteiger partial charge in [0.25, 0.3) is 11.6 Å². The summed E-state index contributed by atoms with van der Waals surface area (Å²) in [5.74, 6) is 0.210. The minimum atomic E-state index is -0.470. The van der Waals surface area contributed by atoms with Crippen LogP contribution in [-0.2, 0) is 0 Å². The van der Waals surface area contributed by atoms with E-state index in [2.05, 4.69) is 9.97 Å². The average Bonchev–Trinajstić information content (AvgIpc) is 2.62. The molecule has 8 heteroatoms. The van der Waals surface area contributed by atoms with Gasteiger partial charge in [-0.3, -0.25) is 19.9 Å². The molecule has 1 aromatic carbocycles. The SMILES string of the molecule is Cc1c(C(=O)N2CCCC(Oc3cnccn3)C2)cccc1[N+](=O)[O-]. The molecule has 1 amide bonds. The second-order valence-corrected chi connectivity index (χ2v) is 5.88. The van der Waals surface area contributed by atoms with E-state index in [9.17, 15) is 14.9 Å². The smallest absolute Gasteiger partial charge is 0.273 e. The molecule has 1 saturated heterocycles. The van der Waals surface area contributed by atoms with Crippen molar-refractivity contribution in [1.29, 1.82) is 0 Å². The summed E-state index contributed by atoms with van der Waals surface area (Å²) >= 11 is 0. The highest BCUT2D eigenvalue weighted by Gasteiger charge is 2.28. The van der Waals surface area contributed by atoms with E-state index in [1.54, 1.807) is 30.3 Å². The number of ether oxygens (including phenoxy) is 1. The molecule has 0 bridgehead atoms. The van der Waals surface area contributed by atoms with Gasteiger partial charge in [0.15, 0.2) is 0 Å². The molecule has 0 N–H and O–H groups in total. The number of likely N-dealkylation sites (tertiary alicyclic amines) is 1. The van der Waals surface area contributed by atoms with Crippen molar-refractivity contribution in [2.45, 2.75) is 25.9 Å². The number of rotatable bonds is 4. The van der Waals surface area contributed by atoms with Crippen molar-refractivity contribution in [3.63, 3.8) is 0 Å². The second kappa shape index (κ2) is 7.25. The van der Waals surface area contributed by atoms with Crippen LogP contribution in [0.1, 0.15) is 28.8 Å². The number of benzene rings is 1. The standard InChI is InChI=1S/C17H18N4O4/c1-12-14(5-2-6-15(12)21(23)24)17(22)20-9-3-4-13(11-20)25-16-10-18-7-8-19-16/h2,5-8,10,13H,3-4,9,11H2,1H3. The minimum Gasteiger partial charge on any atom is -0.471 e. The zero-order valence-electron chi connectivity index (χ0n) is 13.8. The Morgan fingerprint density at radius 3 is 2.96 bits per heavy atom. The van der Waals surface area contributed by atoms with Gasteiger partial charge in [-0.25, -0.2) is 4.98 Å². The first-order valence-corrected chi connectivity index (χ1v) is 8.02. The minimum absolute atomic E-state index is 0.0461. The molecule has 130 valence electrons. The average molecular weight is 342 g/mol. The van der Waals surface area contributed by atoms with Gasteiger partial charge in [-0.2, -0.15) is 0 Å². The van der Waals surface area contributed by atoms with E-state index in [1.165, 1.54) is 18.3 Å². The maximum absolute atomic E-state index is 12.8. The number of nitro benzene ring substituents is 1. The molecule has 1 aromatic heterocycles. The number of carbonyl (C=O) groups is 1. The maximum atomic E-state index is 12.8. The highest BCUT2D eigenvalue weighted by atomic mass is 16.6. The Morgan fingerprint density at radius 1 is 1.40 bits per heavy atom. The second-order valence-electron chi connectivity index (χ2n) is 5.88. The van der Waals surface area contributed by atoms with Gasteiger partial charge in [-0.05, 0) is 25.8 Å². The molecule has 0 aliphatic carbocycles. The number of aromatic nitrogens is 2.